The smallest absolute Gasteiger partial charge is 0.333 e. The Labute approximate surface area is 229 Å². The molecular formula is C27H20F2N4O5S2. The minimum atomic E-state index is -4.05. The van der Waals surface area contributed by atoms with Crippen molar-refractivity contribution in [2.24, 2.45) is 0 Å². The van der Waals surface area contributed by atoms with Crippen LogP contribution in [0.15, 0.2) is 86.6 Å². The second-order valence-corrected chi connectivity index (χ2v) is 11.9. The summed E-state index contributed by atoms with van der Waals surface area (Å²) in [6.45, 7) is 1.72. The van der Waals surface area contributed by atoms with Gasteiger partial charge in [0.05, 0.1) is 16.6 Å². The van der Waals surface area contributed by atoms with Crippen molar-refractivity contribution in [3.8, 4) is 5.69 Å². The van der Waals surface area contributed by atoms with E-state index in [4.69, 9.17) is 0 Å². The largest absolute Gasteiger partial charge is 0.381 e. The molecule has 40 heavy (non-hydrogen) atoms. The number of benzene rings is 3. The molecule has 9 nitrogen and oxygen atoms in total. The van der Waals surface area contributed by atoms with Gasteiger partial charge in [0.2, 0.25) is 0 Å². The third-order valence-electron chi connectivity index (χ3n) is 6.01. The van der Waals surface area contributed by atoms with Gasteiger partial charge in [0, 0.05) is 28.2 Å². The van der Waals surface area contributed by atoms with Gasteiger partial charge in [-0.25, -0.2) is 31.3 Å². The van der Waals surface area contributed by atoms with Crippen molar-refractivity contribution in [1.82, 2.24) is 14.3 Å². The number of sulfonamides is 1. The van der Waals surface area contributed by atoms with Crippen molar-refractivity contribution in [2.45, 2.75) is 17.7 Å². The number of aromatic amines is 1. The minimum absolute atomic E-state index is 0.00343. The van der Waals surface area contributed by atoms with Crippen LogP contribution >= 0.6 is 11.3 Å². The lowest BCUT2D eigenvalue weighted by atomic mass is 10.1. The molecular weight excluding hydrogens is 562 g/mol. The predicted octanol–water partition coefficient (Wildman–Crippen LogP) is 4.06. The van der Waals surface area contributed by atoms with E-state index in [2.05, 4.69) is 10.3 Å². The molecule has 0 radical (unpaired) electrons. The SMILES string of the molecule is Cc1ccc(S(=O)(=O)NC(=O)c2ccc(-n3c(=O)[nH]c4cc(NCc5cccc(F)c5F)ccc4c3=O)cc2)s1. The monoisotopic (exact) mass is 582 g/mol. The number of H-pyrrole nitrogens is 1. The van der Waals surface area contributed by atoms with Gasteiger partial charge in [-0.15, -0.1) is 11.3 Å². The summed E-state index contributed by atoms with van der Waals surface area (Å²) in [7, 11) is -4.05. The van der Waals surface area contributed by atoms with Crippen LogP contribution < -0.4 is 21.3 Å². The lowest BCUT2D eigenvalue weighted by molar-refractivity contribution is 0.0981. The van der Waals surface area contributed by atoms with Crippen molar-refractivity contribution in [3.05, 3.63) is 121 Å². The first-order valence-electron chi connectivity index (χ1n) is 11.7. The van der Waals surface area contributed by atoms with E-state index in [9.17, 15) is 31.6 Å². The average molecular weight is 583 g/mol. The van der Waals surface area contributed by atoms with Gasteiger partial charge in [0.15, 0.2) is 11.6 Å². The normalized spacial score (nSPS) is 11.5. The molecule has 0 aliphatic heterocycles. The molecule has 13 heteroatoms. The van der Waals surface area contributed by atoms with Crippen LogP contribution in [0.25, 0.3) is 16.6 Å². The summed E-state index contributed by atoms with van der Waals surface area (Å²) in [5.41, 5.74) is -0.414. The van der Waals surface area contributed by atoms with Crippen LogP contribution in [0.2, 0.25) is 0 Å². The van der Waals surface area contributed by atoms with Gasteiger partial charge in [0.1, 0.15) is 4.21 Å². The fourth-order valence-electron chi connectivity index (χ4n) is 3.99. The first-order valence-corrected chi connectivity index (χ1v) is 14.0. The topological polar surface area (TPSA) is 130 Å². The molecule has 0 aliphatic rings. The van der Waals surface area contributed by atoms with Crippen LogP contribution in [0, 0.1) is 18.6 Å². The van der Waals surface area contributed by atoms with E-state index >= 15 is 0 Å². The Morgan fingerprint density at radius 2 is 1.75 bits per heavy atom. The Balaban J connectivity index is 1.37. The zero-order valence-corrected chi connectivity index (χ0v) is 22.3. The maximum absolute atomic E-state index is 13.9. The Kier molecular flexibility index (Phi) is 7.08. The highest BCUT2D eigenvalue weighted by Gasteiger charge is 2.21. The highest BCUT2D eigenvalue weighted by Crippen LogP contribution is 2.21. The van der Waals surface area contributed by atoms with E-state index in [1.54, 1.807) is 19.1 Å². The average Bonchev–Trinajstić information content (AvgIpc) is 3.37. The quantitative estimate of drug-likeness (QED) is 0.265. The number of carbonyl (C=O) groups excluding carboxylic acids is 1. The summed E-state index contributed by atoms with van der Waals surface area (Å²) in [6, 6.07) is 16.7. The van der Waals surface area contributed by atoms with Crippen molar-refractivity contribution in [2.75, 3.05) is 5.32 Å². The molecule has 5 rings (SSSR count). The molecule has 0 saturated carbocycles. The number of halogens is 2. The first kappa shape index (κ1) is 27.0. The Morgan fingerprint density at radius 3 is 2.45 bits per heavy atom. The number of carbonyl (C=O) groups is 1. The lowest BCUT2D eigenvalue weighted by Crippen LogP contribution is -2.33. The zero-order valence-electron chi connectivity index (χ0n) is 20.7. The summed E-state index contributed by atoms with van der Waals surface area (Å²) in [4.78, 5) is 41.9. The fraction of sp³-hybridized carbons (Fsp3) is 0.0741. The Bertz CT molecular complexity index is 2000. The van der Waals surface area contributed by atoms with E-state index in [1.807, 2.05) is 4.72 Å². The molecule has 0 aliphatic carbocycles. The van der Waals surface area contributed by atoms with Crippen molar-refractivity contribution in [1.29, 1.82) is 0 Å². The maximum Gasteiger partial charge on any atom is 0.333 e. The summed E-state index contributed by atoms with van der Waals surface area (Å²) in [5.74, 6) is -2.79. The van der Waals surface area contributed by atoms with Crippen LogP contribution in [-0.2, 0) is 16.6 Å². The number of nitrogens with zero attached hydrogens (tertiary/aromatic N) is 1. The molecule has 2 heterocycles. The van der Waals surface area contributed by atoms with Crippen LogP contribution in [-0.4, -0.2) is 23.9 Å². The van der Waals surface area contributed by atoms with E-state index in [0.29, 0.717) is 5.69 Å². The van der Waals surface area contributed by atoms with Crippen LogP contribution in [0.4, 0.5) is 14.5 Å². The fourth-order valence-corrected chi connectivity index (χ4v) is 6.25. The van der Waals surface area contributed by atoms with Gasteiger partial charge >= 0.3 is 5.69 Å². The zero-order chi connectivity index (χ0) is 28.6. The Hall–Kier alpha value is -4.62. The number of rotatable bonds is 7. The lowest BCUT2D eigenvalue weighted by Gasteiger charge is -2.11. The van der Waals surface area contributed by atoms with Crippen molar-refractivity contribution in [3.63, 3.8) is 0 Å². The number of aryl methyl sites for hydroxylation is 1. The standard InChI is InChI=1S/C27H20F2N4O5S2/c1-15-5-12-23(39-15)40(37,38)32-25(34)16-6-9-19(10-7-16)33-26(35)20-11-8-18(13-22(20)31-27(33)36)30-14-17-3-2-4-21(28)24(17)29/h2-13,30H,14H2,1H3,(H,31,36)(H,32,34). The third kappa shape index (κ3) is 5.28. The second kappa shape index (κ2) is 10.5. The number of amides is 1. The van der Waals surface area contributed by atoms with Crippen molar-refractivity contribution >= 4 is 43.9 Å². The number of fused-ring (bicyclic) bond motifs is 1. The van der Waals surface area contributed by atoms with E-state index in [-0.39, 0.29) is 38.5 Å². The number of nitrogens with one attached hydrogen (secondary N) is 3. The van der Waals surface area contributed by atoms with E-state index < -0.39 is 38.8 Å². The minimum Gasteiger partial charge on any atom is -0.381 e. The summed E-state index contributed by atoms with van der Waals surface area (Å²) < 4.78 is 55.2. The molecule has 1 amide bonds. The molecule has 0 bridgehead atoms. The number of anilines is 1. The maximum atomic E-state index is 13.9. The van der Waals surface area contributed by atoms with Crippen LogP contribution in [0.3, 0.4) is 0 Å². The summed E-state index contributed by atoms with van der Waals surface area (Å²) >= 11 is 1.03. The molecule has 0 unspecified atom stereocenters. The van der Waals surface area contributed by atoms with Gasteiger partial charge in [-0.1, -0.05) is 12.1 Å². The molecule has 0 spiro atoms. The molecule has 0 saturated heterocycles. The number of thiophene rings is 1. The van der Waals surface area contributed by atoms with E-state index in [0.717, 1.165) is 26.8 Å². The third-order valence-corrected chi connectivity index (χ3v) is 8.83. The molecule has 3 aromatic carbocycles. The highest BCUT2D eigenvalue weighted by molar-refractivity contribution is 7.92. The van der Waals surface area contributed by atoms with Gasteiger partial charge in [-0.05, 0) is 67.6 Å². The first-order chi connectivity index (χ1) is 19.0. The molecule has 204 valence electrons. The predicted molar refractivity (Wildman–Crippen MR) is 148 cm³/mol. The van der Waals surface area contributed by atoms with E-state index in [1.165, 1.54) is 54.6 Å². The van der Waals surface area contributed by atoms with Gasteiger partial charge in [-0.2, -0.15) is 0 Å². The number of aromatic nitrogens is 2. The molecule has 3 N–H and O–H groups in total. The van der Waals surface area contributed by atoms with Gasteiger partial charge < -0.3 is 10.3 Å². The molecule has 0 fully saturated rings. The molecule has 2 aromatic heterocycles. The summed E-state index contributed by atoms with van der Waals surface area (Å²) in [6.07, 6.45) is 0. The number of hydrogen-bond donors (Lipinski definition) is 3. The Morgan fingerprint density at radius 1 is 1.00 bits per heavy atom. The number of hydrogen-bond acceptors (Lipinski definition) is 7. The van der Waals surface area contributed by atoms with Crippen LogP contribution in [0.1, 0.15) is 20.8 Å². The molecule has 5 aromatic rings. The summed E-state index contributed by atoms with van der Waals surface area (Å²) in [5, 5.41) is 3.11. The van der Waals surface area contributed by atoms with Gasteiger partial charge in [-0.3, -0.25) is 9.59 Å². The van der Waals surface area contributed by atoms with Crippen molar-refractivity contribution < 1.29 is 22.0 Å². The van der Waals surface area contributed by atoms with Crippen LogP contribution in [0.5, 0.6) is 0 Å². The highest BCUT2D eigenvalue weighted by atomic mass is 32.2. The molecule has 0 atom stereocenters. The van der Waals surface area contributed by atoms with Gasteiger partial charge in [0.25, 0.3) is 21.5 Å². The second-order valence-electron chi connectivity index (χ2n) is 8.74.